The van der Waals surface area contributed by atoms with Crippen LogP contribution in [0.4, 0.5) is 0 Å². The molecular formula is C12H13Cl2NO3S. The first-order valence-corrected chi connectivity index (χ1v) is 8.59. The number of amides is 1. The number of halogens is 2. The van der Waals surface area contributed by atoms with Gasteiger partial charge in [-0.15, -0.1) is 0 Å². The van der Waals surface area contributed by atoms with Crippen LogP contribution in [0.2, 0.25) is 5.02 Å². The molecule has 0 spiro atoms. The first-order valence-electron chi connectivity index (χ1n) is 5.90. The minimum atomic E-state index is -4.01. The highest BCUT2D eigenvalue weighted by Crippen LogP contribution is 2.32. The fourth-order valence-corrected chi connectivity index (χ4v) is 3.39. The maximum atomic E-state index is 12.5. The predicted molar refractivity (Wildman–Crippen MR) is 74.2 cm³/mol. The molecule has 0 radical (unpaired) electrons. The third-order valence-corrected chi connectivity index (χ3v) is 4.72. The fourth-order valence-electron chi connectivity index (χ4n) is 2.01. The van der Waals surface area contributed by atoms with Crippen molar-refractivity contribution in [2.75, 3.05) is 6.54 Å². The van der Waals surface area contributed by atoms with Crippen LogP contribution < -0.4 is 0 Å². The molecule has 104 valence electrons. The van der Waals surface area contributed by atoms with Crippen LogP contribution in [-0.4, -0.2) is 31.8 Å². The van der Waals surface area contributed by atoms with Crippen LogP contribution in [0.15, 0.2) is 23.1 Å². The molecule has 4 nitrogen and oxygen atoms in total. The number of hydrogen-bond acceptors (Lipinski definition) is 3. The second-order valence-corrected chi connectivity index (χ2v) is 7.31. The van der Waals surface area contributed by atoms with E-state index in [0.717, 1.165) is 12.8 Å². The minimum Gasteiger partial charge on any atom is -0.336 e. The van der Waals surface area contributed by atoms with Crippen molar-refractivity contribution < 1.29 is 13.2 Å². The molecule has 7 heteroatoms. The summed E-state index contributed by atoms with van der Waals surface area (Å²) in [4.78, 5) is 13.9. The van der Waals surface area contributed by atoms with Crippen LogP contribution in [0.1, 0.15) is 30.1 Å². The zero-order chi connectivity index (χ0) is 14.2. The summed E-state index contributed by atoms with van der Waals surface area (Å²) >= 11 is 5.99. The van der Waals surface area contributed by atoms with Gasteiger partial charge < -0.3 is 4.90 Å². The Morgan fingerprint density at radius 2 is 2.05 bits per heavy atom. The lowest BCUT2D eigenvalue weighted by molar-refractivity contribution is 0.0749. The second kappa shape index (κ2) is 5.31. The molecule has 1 saturated carbocycles. The molecule has 19 heavy (non-hydrogen) atoms. The van der Waals surface area contributed by atoms with Crippen LogP contribution >= 0.6 is 22.3 Å². The molecule has 2 rings (SSSR count). The second-order valence-electron chi connectivity index (χ2n) is 4.37. The average molecular weight is 322 g/mol. The summed E-state index contributed by atoms with van der Waals surface area (Å²) in [5, 5.41) is 0.103. The van der Waals surface area contributed by atoms with Gasteiger partial charge in [-0.1, -0.05) is 17.7 Å². The van der Waals surface area contributed by atoms with Crippen LogP contribution in [0.25, 0.3) is 0 Å². The van der Waals surface area contributed by atoms with E-state index in [1.54, 1.807) is 4.90 Å². The highest BCUT2D eigenvalue weighted by molar-refractivity contribution is 8.13. The summed E-state index contributed by atoms with van der Waals surface area (Å²) in [6.45, 7) is 2.36. The molecule has 0 saturated heterocycles. The topological polar surface area (TPSA) is 54.5 Å². The van der Waals surface area contributed by atoms with Crippen molar-refractivity contribution in [3.63, 3.8) is 0 Å². The van der Waals surface area contributed by atoms with Crippen molar-refractivity contribution in [1.82, 2.24) is 4.90 Å². The van der Waals surface area contributed by atoms with E-state index in [0.29, 0.717) is 6.54 Å². The lowest BCUT2D eigenvalue weighted by Crippen LogP contribution is -2.33. The van der Waals surface area contributed by atoms with Gasteiger partial charge in [0.1, 0.15) is 0 Å². The Morgan fingerprint density at radius 1 is 1.42 bits per heavy atom. The third kappa shape index (κ3) is 3.04. The Bertz CT molecular complexity index is 611. The van der Waals surface area contributed by atoms with Crippen LogP contribution in [0, 0.1) is 0 Å². The largest absolute Gasteiger partial charge is 0.336 e. The molecule has 0 unspecified atom stereocenters. The summed E-state index contributed by atoms with van der Waals surface area (Å²) in [7, 11) is 1.36. The predicted octanol–water partition coefficient (Wildman–Crippen LogP) is 2.89. The van der Waals surface area contributed by atoms with E-state index in [-0.39, 0.29) is 27.4 Å². The number of rotatable bonds is 4. The lowest BCUT2D eigenvalue weighted by Gasteiger charge is -2.22. The van der Waals surface area contributed by atoms with Gasteiger partial charge in [0.15, 0.2) is 0 Å². The van der Waals surface area contributed by atoms with Gasteiger partial charge in [-0.2, -0.15) is 0 Å². The Morgan fingerprint density at radius 3 is 2.53 bits per heavy atom. The monoisotopic (exact) mass is 321 g/mol. The molecule has 0 heterocycles. The lowest BCUT2D eigenvalue weighted by atomic mass is 10.2. The van der Waals surface area contributed by atoms with Gasteiger partial charge in [0.25, 0.3) is 15.0 Å². The van der Waals surface area contributed by atoms with Gasteiger partial charge in [0, 0.05) is 23.3 Å². The van der Waals surface area contributed by atoms with Crippen molar-refractivity contribution >= 4 is 37.2 Å². The average Bonchev–Trinajstić information content (AvgIpc) is 3.12. The normalized spacial score (nSPS) is 15.3. The first-order chi connectivity index (χ1) is 8.86. The minimum absolute atomic E-state index is 0.0343. The molecule has 1 aliphatic carbocycles. The number of hydrogen-bond donors (Lipinski definition) is 0. The van der Waals surface area contributed by atoms with Gasteiger partial charge >= 0.3 is 0 Å². The molecule has 1 aromatic carbocycles. The summed E-state index contributed by atoms with van der Waals surface area (Å²) in [6.07, 6.45) is 1.87. The molecule has 0 aliphatic heterocycles. The van der Waals surface area contributed by atoms with Gasteiger partial charge in [-0.25, -0.2) is 8.42 Å². The van der Waals surface area contributed by atoms with Crippen LogP contribution in [-0.2, 0) is 9.05 Å². The highest BCUT2D eigenvalue weighted by atomic mass is 35.7. The maximum absolute atomic E-state index is 12.5. The SMILES string of the molecule is CCN(C(=O)c1c(Cl)cccc1S(=O)(=O)Cl)C1CC1. The molecule has 0 bridgehead atoms. The van der Waals surface area contributed by atoms with Crippen molar-refractivity contribution in [2.45, 2.75) is 30.7 Å². The summed E-state index contributed by atoms with van der Waals surface area (Å²) in [5.74, 6) is -0.380. The van der Waals surface area contributed by atoms with E-state index >= 15 is 0 Å². The molecule has 1 aliphatic rings. The maximum Gasteiger partial charge on any atom is 0.262 e. The summed E-state index contributed by atoms with van der Waals surface area (Å²) in [5.41, 5.74) is -0.0343. The zero-order valence-electron chi connectivity index (χ0n) is 10.3. The van der Waals surface area contributed by atoms with E-state index in [1.165, 1.54) is 18.2 Å². The van der Waals surface area contributed by atoms with Crippen molar-refractivity contribution in [1.29, 1.82) is 0 Å². The quantitative estimate of drug-likeness (QED) is 0.801. The van der Waals surface area contributed by atoms with Crippen LogP contribution in [0.5, 0.6) is 0 Å². The Kier molecular flexibility index (Phi) is 4.08. The van der Waals surface area contributed by atoms with Crippen LogP contribution in [0.3, 0.4) is 0 Å². The van der Waals surface area contributed by atoms with E-state index in [1.807, 2.05) is 6.92 Å². The van der Waals surface area contributed by atoms with Gasteiger partial charge in [-0.3, -0.25) is 4.79 Å². The molecular weight excluding hydrogens is 309 g/mol. The van der Waals surface area contributed by atoms with E-state index < -0.39 is 9.05 Å². The zero-order valence-corrected chi connectivity index (χ0v) is 12.6. The smallest absolute Gasteiger partial charge is 0.262 e. The number of nitrogens with zero attached hydrogens (tertiary/aromatic N) is 1. The molecule has 1 fully saturated rings. The highest BCUT2D eigenvalue weighted by Gasteiger charge is 2.35. The van der Waals surface area contributed by atoms with Gasteiger partial charge in [0.05, 0.1) is 15.5 Å². The van der Waals surface area contributed by atoms with E-state index in [2.05, 4.69) is 0 Å². The Balaban J connectivity index is 2.52. The fraction of sp³-hybridized carbons (Fsp3) is 0.417. The summed E-state index contributed by atoms with van der Waals surface area (Å²) in [6, 6.07) is 4.42. The molecule has 0 aromatic heterocycles. The van der Waals surface area contributed by atoms with Crippen molar-refractivity contribution in [3.05, 3.63) is 28.8 Å². The first kappa shape index (κ1) is 14.6. The Labute approximate surface area is 121 Å². The molecule has 0 atom stereocenters. The third-order valence-electron chi connectivity index (χ3n) is 3.04. The standard InChI is InChI=1S/C12H13Cl2NO3S/c1-2-15(8-6-7-8)12(16)11-9(13)4-3-5-10(11)19(14,17)18/h3-5,8H,2,6-7H2,1H3. The van der Waals surface area contributed by atoms with Crippen molar-refractivity contribution in [3.8, 4) is 0 Å². The van der Waals surface area contributed by atoms with Gasteiger partial charge in [0.2, 0.25) is 0 Å². The number of carbonyl (C=O) groups is 1. The number of carbonyl (C=O) groups excluding carboxylic acids is 1. The van der Waals surface area contributed by atoms with E-state index in [4.69, 9.17) is 22.3 Å². The number of benzene rings is 1. The summed E-state index contributed by atoms with van der Waals surface area (Å²) < 4.78 is 23.1. The molecule has 0 N–H and O–H groups in total. The molecule has 1 amide bonds. The molecule has 1 aromatic rings. The van der Waals surface area contributed by atoms with Gasteiger partial charge in [-0.05, 0) is 31.9 Å². The van der Waals surface area contributed by atoms with Crippen molar-refractivity contribution in [2.24, 2.45) is 0 Å². The Hall–Kier alpha value is -0.780. The van der Waals surface area contributed by atoms with E-state index in [9.17, 15) is 13.2 Å².